The highest BCUT2D eigenvalue weighted by Crippen LogP contribution is 2.23. The molecule has 0 aliphatic carbocycles. The number of nitrogens with one attached hydrogen (secondary N) is 1. The number of anilines is 1. The van der Waals surface area contributed by atoms with Gasteiger partial charge in [-0.15, -0.1) is 0 Å². The van der Waals surface area contributed by atoms with Gasteiger partial charge in [0.05, 0.1) is 16.2 Å². The van der Waals surface area contributed by atoms with Crippen molar-refractivity contribution in [1.82, 2.24) is 9.46 Å². The summed E-state index contributed by atoms with van der Waals surface area (Å²) in [5.74, 6) is -1.29. The number of hydrogen-bond acceptors (Lipinski definition) is 7. The Hall–Kier alpha value is -2.72. The molecular weight excluding hydrogens is 386 g/mol. The van der Waals surface area contributed by atoms with E-state index in [9.17, 15) is 18.0 Å². The summed E-state index contributed by atoms with van der Waals surface area (Å²) in [5.41, 5.74) is 0.445. The Labute approximate surface area is 163 Å². The van der Waals surface area contributed by atoms with Gasteiger partial charge in [0.2, 0.25) is 15.9 Å². The van der Waals surface area contributed by atoms with E-state index in [2.05, 4.69) is 10.5 Å². The summed E-state index contributed by atoms with van der Waals surface area (Å²) in [7, 11) is -0.912. The van der Waals surface area contributed by atoms with Gasteiger partial charge in [-0.1, -0.05) is 32.0 Å². The van der Waals surface area contributed by atoms with Gasteiger partial charge < -0.3 is 9.26 Å². The molecule has 10 heteroatoms. The Balaban J connectivity index is 1.99. The zero-order valence-electron chi connectivity index (χ0n) is 16.3. The van der Waals surface area contributed by atoms with E-state index >= 15 is 0 Å². The van der Waals surface area contributed by atoms with Gasteiger partial charge in [0.1, 0.15) is 0 Å². The van der Waals surface area contributed by atoms with Crippen LogP contribution in [0, 0.1) is 0 Å². The molecule has 1 heterocycles. The van der Waals surface area contributed by atoms with Crippen molar-refractivity contribution in [3.05, 3.63) is 41.6 Å². The first-order valence-corrected chi connectivity index (χ1v) is 9.82. The van der Waals surface area contributed by atoms with Crippen LogP contribution < -0.4 is 5.32 Å². The van der Waals surface area contributed by atoms with E-state index in [0.29, 0.717) is 5.69 Å². The number of carbonyl (C=O) groups is 2. The number of esters is 1. The van der Waals surface area contributed by atoms with Crippen molar-refractivity contribution in [2.75, 3.05) is 26.0 Å². The maximum Gasteiger partial charge on any atom is 0.338 e. The van der Waals surface area contributed by atoms with E-state index in [1.54, 1.807) is 6.07 Å². The third-order valence-electron chi connectivity index (χ3n) is 3.72. The van der Waals surface area contributed by atoms with Crippen molar-refractivity contribution in [2.45, 2.75) is 31.1 Å². The first-order valence-electron chi connectivity index (χ1n) is 8.38. The third-order valence-corrected chi connectivity index (χ3v) is 5.53. The Kier molecular flexibility index (Phi) is 6.25. The summed E-state index contributed by atoms with van der Waals surface area (Å²) >= 11 is 0. The van der Waals surface area contributed by atoms with Crippen molar-refractivity contribution in [1.29, 1.82) is 0 Å². The molecular formula is C18H23N3O6S. The van der Waals surface area contributed by atoms with Crippen LogP contribution in [0.3, 0.4) is 0 Å². The molecule has 0 aliphatic rings. The molecule has 2 rings (SSSR count). The van der Waals surface area contributed by atoms with Crippen LogP contribution in [0.5, 0.6) is 0 Å². The molecule has 0 atom stereocenters. The molecule has 0 saturated carbocycles. The molecule has 2 aromatic rings. The minimum atomic E-state index is -3.69. The van der Waals surface area contributed by atoms with Gasteiger partial charge >= 0.3 is 5.97 Å². The fourth-order valence-corrected chi connectivity index (χ4v) is 3.02. The number of carbonyl (C=O) groups excluding carboxylic acids is 2. The predicted molar refractivity (Wildman–Crippen MR) is 101 cm³/mol. The van der Waals surface area contributed by atoms with Crippen LogP contribution in [-0.4, -0.2) is 50.5 Å². The highest BCUT2D eigenvalue weighted by Gasteiger charge is 2.21. The van der Waals surface area contributed by atoms with Crippen LogP contribution in [0.15, 0.2) is 39.8 Å². The van der Waals surface area contributed by atoms with Gasteiger partial charge in [-0.25, -0.2) is 17.5 Å². The highest BCUT2D eigenvalue weighted by atomic mass is 32.2. The predicted octanol–water partition coefficient (Wildman–Crippen LogP) is 2.02. The Morgan fingerprint density at radius 1 is 1.21 bits per heavy atom. The van der Waals surface area contributed by atoms with Crippen molar-refractivity contribution in [3.63, 3.8) is 0 Å². The van der Waals surface area contributed by atoms with Gasteiger partial charge in [-0.05, 0) is 18.2 Å². The zero-order valence-corrected chi connectivity index (χ0v) is 17.2. The van der Waals surface area contributed by atoms with Crippen LogP contribution in [0.2, 0.25) is 0 Å². The summed E-state index contributed by atoms with van der Waals surface area (Å²) in [5, 5.41) is 6.32. The van der Waals surface area contributed by atoms with Crippen LogP contribution in [-0.2, 0) is 25.0 Å². The molecule has 0 unspecified atom stereocenters. The molecule has 1 aromatic heterocycles. The largest absolute Gasteiger partial charge is 0.452 e. The maximum atomic E-state index is 12.1. The molecule has 152 valence electrons. The summed E-state index contributed by atoms with van der Waals surface area (Å²) in [6.07, 6.45) is 0. The summed E-state index contributed by atoms with van der Waals surface area (Å²) < 4.78 is 35.3. The van der Waals surface area contributed by atoms with E-state index in [1.165, 1.54) is 38.4 Å². The van der Waals surface area contributed by atoms with Crippen LogP contribution in [0.1, 0.15) is 36.8 Å². The average molecular weight is 409 g/mol. The molecule has 1 aromatic carbocycles. The molecule has 1 amide bonds. The summed E-state index contributed by atoms with van der Waals surface area (Å²) in [6, 6.07) is 6.99. The quantitative estimate of drug-likeness (QED) is 0.725. The zero-order chi connectivity index (χ0) is 21.1. The molecule has 0 fully saturated rings. The van der Waals surface area contributed by atoms with Gasteiger partial charge in [0, 0.05) is 25.6 Å². The van der Waals surface area contributed by atoms with Crippen LogP contribution >= 0.6 is 0 Å². The van der Waals surface area contributed by atoms with E-state index in [0.717, 1.165) is 4.31 Å². The summed E-state index contributed by atoms with van der Waals surface area (Å²) in [4.78, 5) is 24.0. The molecule has 0 radical (unpaired) electrons. The van der Waals surface area contributed by atoms with Crippen molar-refractivity contribution >= 4 is 27.8 Å². The Bertz CT molecular complexity index is 973. The first-order chi connectivity index (χ1) is 12.9. The third kappa shape index (κ3) is 5.17. The van der Waals surface area contributed by atoms with Crippen molar-refractivity contribution in [3.8, 4) is 0 Å². The first kappa shape index (κ1) is 21.6. The minimum Gasteiger partial charge on any atom is -0.452 e. The fourth-order valence-electron chi connectivity index (χ4n) is 2.07. The average Bonchev–Trinajstić information content (AvgIpc) is 3.08. The van der Waals surface area contributed by atoms with Gasteiger partial charge in [-0.3, -0.25) is 10.1 Å². The molecule has 0 aliphatic heterocycles. The maximum absolute atomic E-state index is 12.1. The van der Waals surface area contributed by atoms with Crippen molar-refractivity contribution < 1.29 is 27.3 Å². The SMILES string of the molecule is CN(C)S(=O)(=O)c1cccc(C(=O)OCC(=O)Nc2cc(C(C)(C)C)no2)c1. The Morgan fingerprint density at radius 2 is 1.89 bits per heavy atom. The minimum absolute atomic E-state index is 0.0189. The smallest absolute Gasteiger partial charge is 0.338 e. The molecule has 28 heavy (non-hydrogen) atoms. The Morgan fingerprint density at radius 3 is 2.46 bits per heavy atom. The lowest BCUT2D eigenvalue weighted by atomic mass is 9.92. The number of aromatic nitrogens is 1. The molecule has 0 saturated heterocycles. The highest BCUT2D eigenvalue weighted by molar-refractivity contribution is 7.89. The lowest BCUT2D eigenvalue weighted by Crippen LogP contribution is -2.23. The number of hydrogen-bond donors (Lipinski definition) is 1. The van der Waals surface area contributed by atoms with E-state index in [1.807, 2.05) is 20.8 Å². The molecule has 1 N–H and O–H groups in total. The second kappa shape index (κ2) is 8.11. The van der Waals surface area contributed by atoms with Gasteiger partial charge in [-0.2, -0.15) is 0 Å². The van der Waals surface area contributed by atoms with Crippen LogP contribution in [0.4, 0.5) is 5.88 Å². The topological polar surface area (TPSA) is 119 Å². The van der Waals surface area contributed by atoms with E-state index < -0.39 is 28.5 Å². The van der Waals surface area contributed by atoms with Gasteiger partial charge in [0.25, 0.3) is 5.91 Å². The number of ether oxygens (including phenoxy) is 1. The monoisotopic (exact) mass is 409 g/mol. The fraction of sp³-hybridized carbons (Fsp3) is 0.389. The summed E-state index contributed by atoms with van der Waals surface area (Å²) in [6.45, 7) is 5.28. The number of benzene rings is 1. The van der Waals surface area contributed by atoms with Crippen molar-refractivity contribution in [2.24, 2.45) is 0 Å². The van der Waals surface area contributed by atoms with E-state index in [4.69, 9.17) is 9.26 Å². The second-order valence-corrected chi connectivity index (χ2v) is 9.42. The number of rotatable bonds is 6. The molecule has 9 nitrogen and oxygen atoms in total. The lowest BCUT2D eigenvalue weighted by molar-refractivity contribution is -0.119. The molecule has 0 bridgehead atoms. The number of amides is 1. The number of sulfonamides is 1. The molecule has 0 spiro atoms. The van der Waals surface area contributed by atoms with Crippen LogP contribution in [0.25, 0.3) is 0 Å². The second-order valence-electron chi connectivity index (χ2n) is 7.27. The van der Waals surface area contributed by atoms with Gasteiger partial charge in [0.15, 0.2) is 6.61 Å². The number of nitrogens with zero attached hydrogens (tertiary/aromatic N) is 2. The van der Waals surface area contributed by atoms with E-state index in [-0.39, 0.29) is 21.8 Å². The lowest BCUT2D eigenvalue weighted by Gasteiger charge is -2.12. The normalized spacial score (nSPS) is 12.1. The standard InChI is InChI=1S/C18H23N3O6S/c1-18(2,3)14-10-16(27-20-14)19-15(22)11-26-17(23)12-7-6-8-13(9-12)28(24,25)21(4)5/h6-10H,11H2,1-5H3,(H,19,22).